The van der Waals surface area contributed by atoms with Crippen LogP contribution in [0.15, 0.2) is 42.7 Å². The van der Waals surface area contributed by atoms with E-state index in [-0.39, 0.29) is 17.7 Å². The van der Waals surface area contributed by atoms with E-state index >= 15 is 0 Å². The van der Waals surface area contributed by atoms with E-state index in [0.717, 1.165) is 25.7 Å². The van der Waals surface area contributed by atoms with Crippen LogP contribution in [0.4, 0.5) is 5.69 Å². The Morgan fingerprint density at radius 3 is 2.52 bits per heavy atom. The number of benzene rings is 1. The molecule has 1 N–H and O–H groups in total. The number of hydrogen-bond acceptors (Lipinski definition) is 2. The van der Waals surface area contributed by atoms with Crippen molar-refractivity contribution < 1.29 is 4.79 Å². The van der Waals surface area contributed by atoms with E-state index in [4.69, 9.17) is 23.2 Å². The normalized spacial score (nSPS) is 21.0. The minimum Gasteiger partial charge on any atom is -0.326 e. The summed E-state index contributed by atoms with van der Waals surface area (Å²) < 4.78 is 0. The molecule has 1 amide bonds. The van der Waals surface area contributed by atoms with Crippen LogP contribution in [-0.2, 0) is 4.79 Å². The van der Waals surface area contributed by atoms with Crippen molar-refractivity contribution in [3.8, 4) is 0 Å². The first-order valence-corrected chi connectivity index (χ1v) is 8.56. The molecule has 0 bridgehead atoms. The Hall–Kier alpha value is -1.58. The SMILES string of the molecule is O=C(Nc1ccc(Cl)c(Cl)c1)[C@@H]1CCCC[C@H]1c1ccncc1. The monoisotopic (exact) mass is 348 g/mol. The second kappa shape index (κ2) is 7.33. The molecule has 120 valence electrons. The standard InChI is InChI=1S/C18H18Cl2N2O/c19-16-6-5-13(11-17(16)20)22-18(23)15-4-2-1-3-14(15)12-7-9-21-10-8-12/h5-11,14-15H,1-4H2,(H,22,23)/t14-,15+/m0/s1. The van der Waals surface area contributed by atoms with Crippen molar-refractivity contribution in [2.24, 2.45) is 5.92 Å². The second-order valence-electron chi connectivity index (χ2n) is 5.90. The van der Waals surface area contributed by atoms with Gasteiger partial charge in [0.15, 0.2) is 0 Å². The Kier molecular flexibility index (Phi) is 5.19. The van der Waals surface area contributed by atoms with E-state index in [1.165, 1.54) is 5.56 Å². The second-order valence-corrected chi connectivity index (χ2v) is 6.71. The predicted octanol–water partition coefficient (Wildman–Crippen LogP) is 5.30. The van der Waals surface area contributed by atoms with Gasteiger partial charge in [0.25, 0.3) is 0 Å². The quantitative estimate of drug-likeness (QED) is 0.817. The number of halogens is 2. The summed E-state index contributed by atoms with van der Waals surface area (Å²) in [6, 6.07) is 9.17. The third-order valence-corrected chi connectivity index (χ3v) is 5.16. The zero-order chi connectivity index (χ0) is 16.2. The molecule has 0 saturated heterocycles. The molecule has 0 spiro atoms. The lowest BCUT2D eigenvalue weighted by atomic mass is 9.75. The molecule has 2 aromatic rings. The zero-order valence-corrected chi connectivity index (χ0v) is 14.1. The fraction of sp³-hybridized carbons (Fsp3) is 0.333. The smallest absolute Gasteiger partial charge is 0.228 e. The lowest BCUT2D eigenvalue weighted by Crippen LogP contribution is -2.30. The van der Waals surface area contributed by atoms with Crippen LogP contribution in [0, 0.1) is 5.92 Å². The molecular weight excluding hydrogens is 331 g/mol. The lowest BCUT2D eigenvalue weighted by molar-refractivity contribution is -0.121. The van der Waals surface area contributed by atoms with Crippen molar-refractivity contribution in [1.29, 1.82) is 0 Å². The minimum absolute atomic E-state index is 0.0272. The number of pyridine rings is 1. The summed E-state index contributed by atoms with van der Waals surface area (Å²) in [6.45, 7) is 0. The summed E-state index contributed by atoms with van der Waals surface area (Å²) in [5, 5.41) is 3.91. The largest absolute Gasteiger partial charge is 0.326 e. The average molecular weight is 349 g/mol. The van der Waals surface area contributed by atoms with Gasteiger partial charge in [-0.15, -0.1) is 0 Å². The molecule has 5 heteroatoms. The molecule has 1 saturated carbocycles. The fourth-order valence-electron chi connectivity index (χ4n) is 3.26. The lowest BCUT2D eigenvalue weighted by Gasteiger charge is -2.31. The van der Waals surface area contributed by atoms with Gasteiger partial charge in [-0.25, -0.2) is 0 Å². The Balaban J connectivity index is 1.77. The number of carbonyl (C=O) groups is 1. The molecule has 23 heavy (non-hydrogen) atoms. The summed E-state index contributed by atoms with van der Waals surface area (Å²) in [4.78, 5) is 16.8. The molecule has 3 nitrogen and oxygen atoms in total. The summed E-state index contributed by atoms with van der Waals surface area (Å²) in [5.74, 6) is 0.264. The van der Waals surface area contributed by atoms with Gasteiger partial charge in [-0.1, -0.05) is 36.0 Å². The summed E-state index contributed by atoms with van der Waals surface area (Å²) in [6.07, 6.45) is 7.75. The molecule has 1 aromatic heterocycles. The first kappa shape index (κ1) is 16.3. The number of rotatable bonds is 3. The molecule has 0 aliphatic heterocycles. The zero-order valence-electron chi connectivity index (χ0n) is 12.6. The maximum absolute atomic E-state index is 12.7. The summed E-state index contributed by atoms with van der Waals surface area (Å²) >= 11 is 11.9. The number of aromatic nitrogens is 1. The number of nitrogens with zero attached hydrogens (tertiary/aromatic N) is 1. The molecular formula is C18H18Cl2N2O. The molecule has 1 aliphatic rings. The van der Waals surface area contributed by atoms with Crippen LogP contribution in [0.25, 0.3) is 0 Å². The van der Waals surface area contributed by atoms with Crippen LogP contribution in [-0.4, -0.2) is 10.9 Å². The Bertz CT molecular complexity index is 691. The highest BCUT2D eigenvalue weighted by Gasteiger charge is 2.32. The van der Waals surface area contributed by atoms with Gasteiger partial charge in [0.2, 0.25) is 5.91 Å². The molecule has 3 rings (SSSR count). The first-order valence-electron chi connectivity index (χ1n) is 7.81. The van der Waals surface area contributed by atoms with E-state index in [1.807, 2.05) is 12.1 Å². The van der Waals surface area contributed by atoms with Crippen LogP contribution < -0.4 is 5.32 Å². The predicted molar refractivity (Wildman–Crippen MR) is 94.0 cm³/mol. The third-order valence-electron chi connectivity index (χ3n) is 4.42. The van der Waals surface area contributed by atoms with Crippen molar-refractivity contribution in [3.63, 3.8) is 0 Å². The average Bonchev–Trinajstić information content (AvgIpc) is 2.59. The number of anilines is 1. The summed E-state index contributed by atoms with van der Waals surface area (Å²) in [7, 11) is 0. The van der Waals surface area contributed by atoms with E-state index in [1.54, 1.807) is 30.6 Å². The van der Waals surface area contributed by atoms with Crippen LogP contribution in [0.5, 0.6) is 0 Å². The highest BCUT2D eigenvalue weighted by molar-refractivity contribution is 6.42. The Morgan fingerprint density at radius 2 is 1.78 bits per heavy atom. The first-order chi connectivity index (χ1) is 11.1. The van der Waals surface area contributed by atoms with Gasteiger partial charge >= 0.3 is 0 Å². The van der Waals surface area contributed by atoms with Crippen molar-refractivity contribution in [1.82, 2.24) is 4.98 Å². The highest BCUT2D eigenvalue weighted by Crippen LogP contribution is 2.38. The summed E-state index contributed by atoms with van der Waals surface area (Å²) in [5.41, 5.74) is 1.87. The number of hydrogen-bond donors (Lipinski definition) is 1. The van der Waals surface area contributed by atoms with Gasteiger partial charge in [0, 0.05) is 24.0 Å². The van der Waals surface area contributed by atoms with Crippen molar-refractivity contribution in [3.05, 3.63) is 58.3 Å². The van der Waals surface area contributed by atoms with Crippen LogP contribution in [0.2, 0.25) is 10.0 Å². The number of amides is 1. The van der Waals surface area contributed by atoms with Crippen molar-refractivity contribution in [2.45, 2.75) is 31.6 Å². The van der Waals surface area contributed by atoms with Crippen LogP contribution in [0.3, 0.4) is 0 Å². The van der Waals surface area contributed by atoms with Crippen molar-refractivity contribution in [2.75, 3.05) is 5.32 Å². The van der Waals surface area contributed by atoms with Gasteiger partial charge in [-0.2, -0.15) is 0 Å². The maximum Gasteiger partial charge on any atom is 0.228 e. The fourth-order valence-corrected chi connectivity index (χ4v) is 3.56. The molecule has 0 unspecified atom stereocenters. The minimum atomic E-state index is -0.0272. The van der Waals surface area contributed by atoms with Crippen molar-refractivity contribution >= 4 is 34.8 Å². The topological polar surface area (TPSA) is 42.0 Å². The molecule has 0 radical (unpaired) electrons. The molecule has 1 fully saturated rings. The molecule has 1 heterocycles. The van der Waals surface area contributed by atoms with E-state index < -0.39 is 0 Å². The number of carbonyl (C=O) groups excluding carboxylic acids is 1. The van der Waals surface area contributed by atoms with E-state index in [9.17, 15) is 4.79 Å². The van der Waals surface area contributed by atoms with Gasteiger partial charge in [0.1, 0.15) is 0 Å². The number of nitrogens with one attached hydrogen (secondary N) is 1. The third kappa shape index (κ3) is 3.85. The van der Waals surface area contributed by atoms with Gasteiger partial charge in [-0.05, 0) is 54.7 Å². The maximum atomic E-state index is 12.7. The van der Waals surface area contributed by atoms with Gasteiger partial charge in [-0.3, -0.25) is 9.78 Å². The Morgan fingerprint density at radius 1 is 1.04 bits per heavy atom. The van der Waals surface area contributed by atoms with E-state index in [2.05, 4.69) is 10.3 Å². The molecule has 2 atom stereocenters. The van der Waals surface area contributed by atoms with Crippen LogP contribution in [0.1, 0.15) is 37.2 Å². The van der Waals surface area contributed by atoms with Gasteiger partial charge in [0.05, 0.1) is 10.0 Å². The van der Waals surface area contributed by atoms with Gasteiger partial charge < -0.3 is 5.32 Å². The van der Waals surface area contributed by atoms with E-state index in [0.29, 0.717) is 15.7 Å². The highest BCUT2D eigenvalue weighted by atomic mass is 35.5. The Labute approximate surface area is 146 Å². The molecule has 1 aliphatic carbocycles. The van der Waals surface area contributed by atoms with Crippen LogP contribution >= 0.6 is 23.2 Å². The molecule has 1 aromatic carbocycles.